The first-order chi connectivity index (χ1) is 12.2. The molecule has 25 heavy (non-hydrogen) atoms. The van der Waals surface area contributed by atoms with Gasteiger partial charge in [0.05, 0.1) is 22.5 Å². The van der Waals surface area contributed by atoms with Crippen LogP contribution in [0, 0.1) is 0 Å². The average Bonchev–Trinajstić information content (AvgIpc) is 3.03. The molecular formula is C19H15N3O3. The molecule has 0 unspecified atom stereocenters. The molecule has 3 aromatic rings. The Hall–Kier alpha value is -3.28. The Bertz CT molecular complexity index is 977. The zero-order chi connectivity index (χ0) is 17.4. The van der Waals surface area contributed by atoms with E-state index in [-0.39, 0.29) is 11.3 Å². The number of rotatable bonds is 3. The van der Waals surface area contributed by atoms with Crippen LogP contribution in [0.25, 0.3) is 16.9 Å². The van der Waals surface area contributed by atoms with Crippen molar-refractivity contribution in [1.29, 1.82) is 0 Å². The van der Waals surface area contributed by atoms with Crippen molar-refractivity contribution < 1.29 is 14.7 Å². The fourth-order valence-electron chi connectivity index (χ4n) is 3.26. The van der Waals surface area contributed by atoms with Crippen molar-refractivity contribution in [2.24, 2.45) is 0 Å². The van der Waals surface area contributed by atoms with Gasteiger partial charge in [0, 0.05) is 24.4 Å². The molecule has 0 radical (unpaired) electrons. The van der Waals surface area contributed by atoms with Gasteiger partial charge < -0.3 is 5.11 Å². The molecule has 1 aromatic carbocycles. The molecule has 4 rings (SSSR count). The van der Waals surface area contributed by atoms with Crippen LogP contribution in [0.15, 0.2) is 48.8 Å². The van der Waals surface area contributed by atoms with Crippen LogP contribution < -0.4 is 0 Å². The highest BCUT2D eigenvalue weighted by atomic mass is 16.4. The largest absolute Gasteiger partial charge is 0.478 e. The highest BCUT2D eigenvalue weighted by Gasteiger charge is 2.29. The van der Waals surface area contributed by atoms with Gasteiger partial charge in [0.1, 0.15) is 5.69 Å². The van der Waals surface area contributed by atoms with Crippen molar-refractivity contribution in [3.05, 3.63) is 65.6 Å². The van der Waals surface area contributed by atoms with Gasteiger partial charge in [-0.25, -0.2) is 9.48 Å². The Labute approximate surface area is 143 Å². The maximum atomic E-state index is 12.6. The van der Waals surface area contributed by atoms with Crippen LogP contribution in [0.4, 0.5) is 0 Å². The summed E-state index contributed by atoms with van der Waals surface area (Å²) in [5, 5.41) is 14.1. The van der Waals surface area contributed by atoms with Gasteiger partial charge in [0.15, 0.2) is 5.78 Å². The highest BCUT2D eigenvalue weighted by molar-refractivity contribution is 6.03. The number of hydrogen-bond donors (Lipinski definition) is 1. The highest BCUT2D eigenvalue weighted by Crippen LogP contribution is 2.33. The van der Waals surface area contributed by atoms with Crippen LogP contribution in [0.2, 0.25) is 0 Å². The van der Waals surface area contributed by atoms with Gasteiger partial charge in [-0.15, -0.1) is 0 Å². The standard InChI is InChI=1S/C19H15N3O3/c23-16-9-3-8-15-17(16)18(12-5-4-10-20-11-12)21-22(15)14-7-2-1-6-13(14)19(24)25/h1-2,4-7,10-11H,3,8-9H2,(H,24,25). The second kappa shape index (κ2) is 5.98. The molecule has 0 aliphatic heterocycles. The van der Waals surface area contributed by atoms with E-state index in [4.69, 9.17) is 0 Å². The molecule has 0 saturated heterocycles. The number of nitrogens with zero attached hydrogens (tertiary/aromatic N) is 3. The number of Topliss-reactive ketones (excluding diaryl/α,β-unsaturated/α-hetero) is 1. The van der Waals surface area contributed by atoms with Crippen LogP contribution in [0.1, 0.15) is 39.3 Å². The molecule has 124 valence electrons. The maximum Gasteiger partial charge on any atom is 0.337 e. The number of carboxylic acid groups (broad SMARTS) is 1. The van der Waals surface area contributed by atoms with Crippen molar-refractivity contribution in [2.75, 3.05) is 0 Å². The number of ketones is 1. The molecule has 0 atom stereocenters. The van der Waals surface area contributed by atoms with Crippen LogP contribution in [-0.4, -0.2) is 31.6 Å². The summed E-state index contributed by atoms with van der Waals surface area (Å²) in [5.74, 6) is -0.982. The van der Waals surface area contributed by atoms with Crippen molar-refractivity contribution in [1.82, 2.24) is 14.8 Å². The van der Waals surface area contributed by atoms with E-state index in [1.54, 1.807) is 47.4 Å². The fraction of sp³-hybridized carbons (Fsp3) is 0.158. The van der Waals surface area contributed by atoms with E-state index >= 15 is 0 Å². The lowest BCUT2D eigenvalue weighted by atomic mass is 9.92. The van der Waals surface area contributed by atoms with Gasteiger partial charge in [-0.3, -0.25) is 9.78 Å². The number of hydrogen-bond acceptors (Lipinski definition) is 4. The summed E-state index contributed by atoms with van der Waals surface area (Å²) in [5.41, 5.74) is 3.29. The molecular weight excluding hydrogens is 318 g/mol. The Balaban J connectivity index is 2.00. The SMILES string of the molecule is O=C(O)c1ccccc1-n1nc(-c2cccnc2)c2c1CCCC2=O. The van der Waals surface area contributed by atoms with E-state index in [9.17, 15) is 14.7 Å². The van der Waals surface area contributed by atoms with Crippen molar-refractivity contribution in [3.63, 3.8) is 0 Å². The summed E-state index contributed by atoms with van der Waals surface area (Å²) in [4.78, 5) is 28.2. The molecule has 0 fully saturated rings. The predicted octanol–water partition coefficient (Wildman–Crippen LogP) is 3.15. The number of pyridine rings is 1. The Morgan fingerprint density at radius 1 is 1.12 bits per heavy atom. The molecule has 6 heteroatoms. The monoisotopic (exact) mass is 333 g/mol. The van der Waals surface area contributed by atoms with Crippen LogP contribution in [0.3, 0.4) is 0 Å². The third-order valence-corrected chi connectivity index (χ3v) is 4.37. The molecule has 0 saturated carbocycles. The molecule has 0 spiro atoms. The fourth-order valence-corrected chi connectivity index (χ4v) is 3.26. The molecule has 0 amide bonds. The van der Waals surface area contributed by atoms with Gasteiger partial charge in [0.2, 0.25) is 0 Å². The van der Waals surface area contributed by atoms with Crippen LogP contribution in [-0.2, 0) is 6.42 Å². The zero-order valence-electron chi connectivity index (χ0n) is 13.3. The lowest BCUT2D eigenvalue weighted by Crippen LogP contribution is -2.14. The Morgan fingerprint density at radius 3 is 2.72 bits per heavy atom. The van der Waals surface area contributed by atoms with Crippen molar-refractivity contribution in [3.8, 4) is 16.9 Å². The summed E-state index contributed by atoms with van der Waals surface area (Å²) in [6.45, 7) is 0. The van der Waals surface area contributed by atoms with Gasteiger partial charge in [-0.1, -0.05) is 12.1 Å². The topological polar surface area (TPSA) is 85.1 Å². The number of benzene rings is 1. The average molecular weight is 333 g/mol. The summed E-state index contributed by atoms with van der Waals surface area (Å²) < 4.78 is 1.61. The molecule has 2 heterocycles. The molecule has 1 aliphatic carbocycles. The first-order valence-corrected chi connectivity index (χ1v) is 8.05. The number of carboxylic acids is 1. The number of carbonyl (C=O) groups is 2. The maximum absolute atomic E-state index is 12.6. The smallest absolute Gasteiger partial charge is 0.337 e. The van der Waals surface area contributed by atoms with Crippen LogP contribution in [0.5, 0.6) is 0 Å². The Morgan fingerprint density at radius 2 is 1.96 bits per heavy atom. The number of para-hydroxylation sites is 1. The second-order valence-corrected chi connectivity index (χ2v) is 5.92. The van der Waals surface area contributed by atoms with Crippen LogP contribution >= 0.6 is 0 Å². The molecule has 6 nitrogen and oxygen atoms in total. The first-order valence-electron chi connectivity index (χ1n) is 8.05. The number of aromatic nitrogens is 3. The van der Waals surface area contributed by atoms with Crippen molar-refractivity contribution in [2.45, 2.75) is 19.3 Å². The summed E-state index contributed by atoms with van der Waals surface area (Å²) in [7, 11) is 0. The Kier molecular flexibility index (Phi) is 3.65. The predicted molar refractivity (Wildman–Crippen MR) is 91.0 cm³/mol. The van der Waals surface area contributed by atoms with E-state index in [0.29, 0.717) is 29.8 Å². The third-order valence-electron chi connectivity index (χ3n) is 4.37. The first kappa shape index (κ1) is 15.3. The number of fused-ring (bicyclic) bond motifs is 1. The molecule has 1 aliphatic rings. The van der Waals surface area contributed by atoms with Gasteiger partial charge in [0.25, 0.3) is 0 Å². The molecule has 0 bridgehead atoms. The minimum Gasteiger partial charge on any atom is -0.478 e. The minimum absolute atomic E-state index is 0.0409. The minimum atomic E-state index is -1.02. The number of aromatic carboxylic acids is 1. The summed E-state index contributed by atoms with van der Waals surface area (Å²) in [6.07, 6.45) is 5.22. The van der Waals surface area contributed by atoms with Crippen molar-refractivity contribution >= 4 is 11.8 Å². The van der Waals surface area contributed by atoms with E-state index in [2.05, 4.69) is 10.1 Å². The van der Waals surface area contributed by atoms with Gasteiger partial charge >= 0.3 is 5.97 Å². The third kappa shape index (κ3) is 2.52. The normalized spacial score (nSPS) is 13.5. The summed E-state index contributed by atoms with van der Waals surface area (Å²) >= 11 is 0. The van der Waals surface area contributed by atoms with Gasteiger partial charge in [-0.2, -0.15) is 5.10 Å². The second-order valence-electron chi connectivity index (χ2n) is 5.92. The summed E-state index contributed by atoms with van der Waals surface area (Å²) in [6, 6.07) is 10.3. The van der Waals surface area contributed by atoms with E-state index < -0.39 is 5.97 Å². The lowest BCUT2D eigenvalue weighted by Gasteiger charge is -2.14. The molecule has 1 N–H and O–H groups in total. The molecule has 2 aromatic heterocycles. The zero-order valence-corrected chi connectivity index (χ0v) is 13.3. The van der Waals surface area contributed by atoms with E-state index in [0.717, 1.165) is 17.7 Å². The lowest BCUT2D eigenvalue weighted by molar-refractivity contribution is 0.0696. The quantitative estimate of drug-likeness (QED) is 0.796. The van der Waals surface area contributed by atoms with E-state index in [1.165, 1.54) is 0 Å². The number of carbonyl (C=O) groups excluding carboxylic acids is 1. The van der Waals surface area contributed by atoms with E-state index in [1.807, 2.05) is 6.07 Å². The van der Waals surface area contributed by atoms with Gasteiger partial charge in [-0.05, 0) is 37.1 Å².